The van der Waals surface area contributed by atoms with E-state index in [2.05, 4.69) is 16.0 Å². The summed E-state index contributed by atoms with van der Waals surface area (Å²) in [4.78, 5) is 52.5. The van der Waals surface area contributed by atoms with Crippen molar-refractivity contribution < 1.29 is 33.8 Å². The molecule has 0 saturated heterocycles. The Labute approximate surface area is 272 Å². The molecule has 0 spiro atoms. The monoisotopic (exact) mass is 647 g/mol. The van der Waals surface area contributed by atoms with Crippen LogP contribution in [0.15, 0.2) is 72.8 Å². The smallest absolute Gasteiger partial charge is 0.322 e. The van der Waals surface area contributed by atoms with E-state index in [0.29, 0.717) is 34.6 Å². The van der Waals surface area contributed by atoms with Gasteiger partial charge in [-0.05, 0) is 59.4 Å². The Morgan fingerprint density at radius 3 is 1.81 bits per heavy atom. The molecule has 47 heavy (non-hydrogen) atoms. The second-order valence-electron chi connectivity index (χ2n) is 10.6. The van der Waals surface area contributed by atoms with Gasteiger partial charge in [-0.2, -0.15) is 0 Å². The SMILES string of the molecule is COc1ccc(C(C(=O)N(Cc2ccc(CNC(N)=O)cc2)[C@H](CCCNC(=N)N)C(=O)NCC(=O)O)c2ccc(OC)cc2)cc1. The molecule has 14 heteroatoms. The summed E-state index contributed by atoms with van der Waals surface area (Å²) in [5.74, 6) is -2.19. The number of primary amides is 1. The van der Waals surface area contributed by atoms with Crippen molar-refractivity contribution in [3.8, 4) is 11.5 Å². The van der Waals surface area contributed by atoms with Gasteiger partial charge in [-0.25, -0.2) is 4.79 Å². The fourth-order valence-corrected chi connectivity index (χ4v) is 4.95. The number of ether oxygens (including phenoxy) is 2. The van der Waals surface area contributed by atoms with Crippen LogP contribution in [0.2, 0.25) is 0 Å². The number of rotatable bonds is 17. The van der Waals surface area contributed by atoms with Crippen LogP contribution >= 0.6 is 0 Å². The average Bonchev–Trinajstić information content (AvgIpc) is 3.06. The summed E-state index contributed by atoms with van der Waals surface area (Å²) in [6.07, 6.45) is 0.470. The van der Waals surface area contributed by atoms with Gasteiger partial charge >= 0.3 is 12.0 Å². The minimum Gasteiger partial charge on any atom is -0.497 e. The first-order chi connectivity index (χ1) is 22.5. The number of aliphatic carboxylic acids is 1. The van der Waals surface area contributed by atoms with E-state index in [0.717, 1.165) is 5.56 Å². The Morgan fingerprint density at radius 1 is 0.809 bits per heavy atom. The lowest BCUT2D eigenvalue weighted by atomic mass is 9.88. The van der Waals surface area contributed by atoms with Crippen molar-refractivity contribution in [3.05, 3.63) is 95.1 Å². The van der Waals surface area contributed by atoms with Crippen molar-refractivity contribution in [1.29, 1.82) is 5.41 Å². The van der Waals surface area contributed by atoms with Crippen LogP contribution in [0.3, 0.4) is 0 Å². The van der Waals surface area contributed by atoms with E-state index < -0.39 is 42.3 Å². The van der Waals surface area contributed by atoms with Gasteiger partial charge in [0, 0.05) is 19.6 Å². The molecule has 3 aromatic rings. The van der Waals surface area contributed by atoms with Crippen molar-refractivity contribution in [2.24, 2.45) is 11.5 Å². The first kappa shape index (κ1) is 35.7. The number of guanidine groups is 1. The number of benzene rings is 3. The number of carboxylic acid groups (broad SMARTS) is 1. The van der Waals surface area contributed by atoms with Crippen LogP contribution in [0.5, 0.6) is 11.5 Å². The van der Waals surface area contributed by atoms with Crippen molar-refractivity contribution in [3.63, 3.8) is 0 Å². The first-order valence-electron chi connectivity index (χ1n) is 14.8. The molecule has 250 valence electrons. The number of nitrogens with zero attached hydrogens (tertiary/aromatic N) is 1. The summed E-state index contributed by atoms with van der Waals surface area (Å²) < 4.78 is 10.7. The molecule has 0 aliphatic carbocycles. The molecule has 0 unspecified atom stereocenters. The van der Waals surface area contributed by atoms with E-state index in [1.54, 1.807) is 87.0 Å². The Hall–Kier alpha value is -5.79. The summed E-state index contributed by atoms with van der Waals surface area (Å²) in [5.41, 5.74) is 13.4. The minimum atomic E-state index is -1.23. The van der Waals surface area contributed by atoms with E-state index in [9.17, 15) is 24.3 Å². The predicted octanol–water partition coefficient (Wildman–Crippen LogP) is 1.87. The highest BCUT2D eigenvalue weighted by molar-refractivity contribution is 5.93. The normalized spacial score (nSPS) is 11.2. The molecule has 14 nitrogen and oxygen atoms in total. The highest BCUT2D eigenvalue weighted by atomic mass is 16.5. The van der Waals surface area contributed by atoms with E-state index in [1.807, 2.05) is 0 Å². The third-order valence-electron chi connectivity index (χ3n) is 7.33. The Balaban J connectivity index is 2.11. The third-order valence-corrected chi connectivity index (χ3v) is 7.33. The minimum absolute atomic E-state index is 0.00351. The van der Waals surface area contributed by atoms with Gasteiger partial charge in [0.05, 0.1) is 20.1 Å². The van der Waals surface area contributed by atoms with Gasteiger partial charge < -0.3 is 46.9 Å². The van der Waals surface area contributed by atoms with Crippen LogP contribution in [-0.2, 0) is 27.5 Å². The lowest BCUT2D eigenvalue weighted by molar-refractivity contribution is -0.143. The second kappa shape index (κ2) is 17.6. The maximum absolute atomic E-state index is 14.9. The largest absolute Gasteiger partial charge is 0.497 e. The Bertz CT molecular complexity index is 1470. The third kappa shape index (κ3) is 11.0. The van der Waals surface area contributed by atoms with E-state index in [-0.39, 0.29) is 32.0 Å². The zero-order chi connectivity index (χ0) is 34.3. The van der Waals surface area contributed by atoms with Crippen molar-refractivity contribution in [2.75, 3.05) is 27.3 Å². The van der Waals surface area contributed by atoms with Gasteiger partial charge in [0.25, 0.3) is 0 Å². The van der Waals surface area contributed by atoms with Gasteiger partial charge in [0.15, 0.2) is 5.96 Å². The molecule has 0 saturated carbocycles. The zero-order valence-electron chi connectivity index (χ0n) is 26.3. The summed E-state index contributed by atoms with van der Waals surface area (Å²) >= 11 is 0. The fourth-order valence-electron chi connectivity index (χ4n) is 4.95. The van der Waals surface area contributed by atoms with Gasteiger partial charge in [-0.1, -0.05) is 48.5 Å². The molecule has 0 fully saturated rings. The van der Waals surface area contributed by atoms with Crippen LogP contribution < -0.4 is 36.9 Å². The number of methoxy groups -OCH3 is 2. The standard InChI is InChI=1S/C33H41N7O7/c1-46-25-13-9-23(10-14-25)29(24-11-15-26(47-2)16-12-24)31(44)40(20-22-7-5-21(6-8-22)18-39-33(36)45)27(4-3-17-37-32(34)35)30(43)38-19-28(41)42/h5-16,27,29H,3-4,17-20H2,1-2H3,(H,38,43)(H,41,42)(H4,34,35,37)(H3,36,39,45)/t27-/m1/s1. The summed E-state index contributed by atoms with van der Waals surface area (Å²) in [6, 6.07) is 19.4. The molecular formula is C33H41N7O7. The molecule has 3 rings (SSSR count). The van der Waals surface area contributed by atoms with E-state index in [4.69, 9.17) is 26.4 Å². The number of nitrogens with one attached hydrogen (secondary N) is 4. The molecular weight excluding hydrogens is 606 g/mol. The lowest BCUT2D eigenvalue weighted by Crippen LogP contribution is -2.51. The van der Waals surface area contributed by atoms with Gasteiger partial charge in [-0.15, -0.1) is 0 Å². The van der Waals surface area contributed by atoms with E-state index in [1.165, 1.54) is 4.90 Å². The van der Waals surface area contributed by atoms with Crippen LogP contribution in [0.4, 0.5) is 4.79 Å². The summed E-state index contributed by atoms with van der Waals surface area (Å²) in [6.45, 7) is -0.178. The topological polar surface area (TPSA) is 222 Å². The number of amides is 4. The maximum atomic E-state index is 14.9. The number of nitrogens with two attached hydrogens (primary N) is 2. The van der Waals surface area contributed by atoms with Gasteiger partial charge in [-0.3, -0.25) is 19.8 Å². The molecule has 4 amide bonds. The van der Waals surface area contributed by atoms with Gasteiger partial charge in [0.1, 0.15) is 24.1 Å². The van der Waals surface area contributed by atoms with Crippen LogP contribution in [0.1, 0.15) is 41.0 Å². The fraction of sp³-hybridized carbons (Fsp3) is 0.303. The first-order valence-corrected chi connectivity index (χ1v) is 14.8. The van der Waals surface area contributed by atoms with Crippen LogP contribution in [0.25, 0.3) is 0 Å². The van der Waals surface area contributed by atoms with Crippen LogP contribution in [-0.4, -0.2) is 73.1 Å². The lowest BCUT2D eigenvalue weighted by Gasteiger charge is -2.34. The zero-order valence-corrected chi connectivity index (χ0v) is 26.3. The van der Waals surface area contributed by atoms with Crippen molar-refractivity contribution >= 4 is 29.8 Å². The maximum Gasteiger partial charge on any atom is 0.322 e. The number of carboxylic acids is 1. The Kier molecular flexibility index (Phi) is 13.4. The van der Waals surface area contributed by atoms with Crippen LogP contribution in [0, 0.1) is 5.41 Å². The summed E-state index contributed by atoms with van der Waals surface area (Å²) in [7, 11) is 3.08. The Morgan fingerprint density at radius 2 is 1.34 bits per heavy atom. The summed E-state index contributed by atoms with van der Waals surface area (Å²) in [5, 5.41) is 24.4. The number of hydrogen-bond donors (Lipinski definition) is 7. The van der Waals surface area contributed by atoms with Crippen molar-refractivity contribution in [2.45, 2.75) is 37.9 Å². The molecule has 1 atom stereocenters. The molecule has 0 aliphatic heterocycles. The molecule has 3 aromatic carbocycles. The highest BCUT2D eigenvalue weighted by Gasteiger charge is 2.35. The molecule has 0 aliphatic rings. The molecule has 0 bridgehead atoms. The molecule has 0 radical (unpaired) electrons. The average molecular weight is 648 g/mol. The van der Waals surface area contributed by atoms with Gasteiger partial charge in [0.2, 0.25) is 11.8 Å². The predicted molar refractivity (Wildman–Crippen MR) is 175 cm³/mol. The highest BCUT2D eigenvalue weighted by Crippen LogP contribution is 2.32. The molecule has 0 heterocycles. The quantitative estimate of drug-likeness (QED) is 0.0644. The molecule has 9 N–H and O–H groups in total. The van der Waals surface area contributed by atoms with Crippen molar-refractivity contribution in [1.82, 2.24) is 20.9 Å². The second-order valence-corrected chi connectivity index (χ2v) is 10.6. The molecule has 0 aromatic heterocycles. The number of urea groups is 1. The van der Waals surface area contributed by atoms with E-state index >= 15 is 0 Å². The number of carbonyl (C=O) groups is 4. The number of carbonyl (C=O) groups excluding carboxylic acids is 3. The number of hydrogen-bond acceptors (Lipinski definition) is 7.